The Kier molecular flexibility index (Phi) is 4.50. The molecule has 0 aliphatic rings. The summed E-state index contributed by atoms with van der Waals surface area (Å²) >= 11 is 5.19. The molecule has 0 spiro atoms. The predicted octanol–water partition coefficient (Wildman–Crippen LogP) is 3.27. The third-order valence-electron chi connectivity index (χ3n) is 2.81. The van der Waals surface area contributed by atoms with E-state index in [1.807, 2.05) is 13.1 Å². The summed E-state index contributed by atoms with van der Waals surface area (Å²) in [4.78, 5) is 5.79. The van der Waals surface area contributed by atoms with Crippen molar-refractivity contribution in [1.82, 2.24) is 10.4 Å². The van der Waals surface area contributed by atoms with Gasteiger partial charge in [0, 0.05) is 27.3 Å². The van der Waals surface area contributed by atoms with Crippen molar-refractivity contribution in [2.24, 2.45) is 5.84 Å². The number of aromatic nitrogens is 1. The summed E-state index contributed by atoms with van der Waals surface area (Å²) in [5, 5.41) is 2.08. The molecule has 3 N–H and O–H groups in total. The van der Waals surface area contributed by atoms with Crippen LogP contribution in [0.1, 0.15) is 27.7 Å². The molecule has 18 heavy (non-hydrogen) atoms. The van der Waals surface area contributed by atoms with Crippen LogP contribution in [0.25, 0.3) is 0 Å². The average Bonchev–Trinajstić information content (AvgIpc) is 2.72. The molecule has 2 heterocycles. The fraction of sp³-hybridized carbons (Fsp3) is 0.308. The van der Waals surface area contributed by atoms with E-state index < -0.39 is 0 Å². The molecule has 0 aliphatic heterocycles. The van der Waals surface area contributed by atoms with Gasteiger partial charge in [0.2, 0.25) is 0 Å². The maximum Gasteiger partial charge on any atom is 0.0682 e. The first-order valence-corrected chi connectivity index (χ1v) is 7.39. The molecule has 2 aromatic heterocycles. The Morgan fingerprint density at radius 1 is 1.44 bits per heavy atom. The average molecular weight is 326 g/mol. The van der Waals surface area contributed by atoms with Crippen LogP contribution in [0, 0.1) is 13.8 Å². The van der Waals surface area contributed by atoms with Gasteiger partial charge in [-0.15, -0.1) is 11.3 Å². The van der Waals surface area contributed by atoms with Gasteiger partial charge in [-0.1, -0.05) is 6.07 Å². The first kappa shape index (κ1) is 13.7. The first-order chi connectivity index (χ1) is 8.60. The van der Waals surface area contributed by atoms with E-state index in [0.29, 0.717) is 0 Å². The highest BCUT2D eigenvalue weighted by molar-refractivity contribution is 9.10. The van der Waals surface area contributed by atoms with Crippen LogP contribution in [-0.2, 0) is 6.42 Å². The minimum atomic E-state index is 0.0520. The monoisotopic (exact) mass is 325 g/mol. The van der Waals surface area contributed by atoms with E-state index in [2.05, 4.69) is 50.8 Å². The van der Waals surface area contributed by atoms with Gasteiger partial charge >= 0.3 is 0 Å². The molecule has 2 aromatic rings. The molecule has 96 valence electrons. The molecule has 0 radical (unpaired) electrons. The number of thiophene rings is 1. The SMILES string of the molecule is Cc1cnc(C(Cc2cc(Br)cs2)NN)c(C)c1. The summed E-state index contributed by atoms with van der Waals surface area (Å²) in [7, 11) is 0. The van der Waals surface area contributed by atoms with Crippen LogP contribution in [0.3, 0.4) is 0 Å². The van der Waals surface area contributed by atoms with Gasteiger partial charge < -0.3 is 0 Å². The van der Waals surface area contributed by atoms with Crippen molar-refractivity contribution in [1.29, 1.82) is 0 Å². The van der Waals surface area contributed by atoms with Crippen LogP contribution in [0.5, 0.6) is 0 Å². The summed E-state index contributed by atoms with van der Waals surface area (Å²) < 4.78 is 1.12. The molecular formula is C13H16BrN3S. The molecule has 0 saturated heterocycles. The topological polar surface area (TPSA) is 50.9 Å². The van der Waals surface area contributed by atoms with Gasteiger partial charge in [0.05, 0.1) is 11.7 Å². The molecule has 0 aromatic carbocycles. The number of hydrogen-bond donors (Lipinski definition) is 2. The molecule has 0 aliphatic carbocycles. The lowest BCUT2D eigenvalue weighted by Crippen LogP contribution is -2.30. The van der Waals surface area contributed by atoms with Crippen LogP contribution in [0.4, 0.5) is 0 Å². The summed E-state index contributed by atoms with van der Waals surface area (Å²) in [5.74, 6) is 5.67. The third-order valence-corrected chi connectivity index (χ3v) is 4.53. The molecule has 0 fully saturated rings. The second-order valence-electron chi connectivity index (χ2n) is 4.37. The van der Waals surface area contributed by atoms with E-state index in [0.717, 1.165) is 16.6 Å². The molecule has 3 nitrogen and oxygen atoms in total. The molecule has 0 amide bonds. The minimum absolute atomic E-state index is 0.0520. The van der Waals surface area contributed by atoms with Crippen molar-refractivity contribution >= 4 is 27.3 Å². The van der Waals surface area contributed by atoms with Gasteiger partial charge in [0.25, 0.3) is 0 Å². The first-order valence-electron chi connectivity index (χ1n) is 5.72. The predicted molar refractivity (Wildman–Crippen MR) is 79.5 cm³/mol. The van der Waals surface area contributed by atoms with E-state index >= 15 is 0 Å². The van der Waals surface area contributed by atoms with E-state index in [1.165, 1.54) is 16.0 Å². The number of aryl methyl sites for hydroxylation is 2. The van der Waals surface area contributed by atoms with Crippen molar-refractivity contribution in [3.05, 3.63) is 49.9 Å². The Hall–Kier alpha value is -0.750. The van der Waals surface area contributed by atoms with Crippen LogP contribution < -0.4 is 11.3 Å². The number of nitrogens with one attached hydrogen (secondary N) is 1. The largest absolute Gasteiger partial charge is 0.271 e. The van der Waals surface area contributed by atoms with Gasteiger partial charge in [-0.05, 0) is 47.0 Å². The second-order valence-corrected chi connectivity index (χ2v) is 6.28. The van der Waals surface area contributed by atoms with Crippen molar-refractivity contribution in [2.45, 2.75) is 26.3 Å². The Labute approximate surface area is 120 Å². The van der Waals surface area contributed by atoms with E-state index in [4.69, 9.17) is 5.84 Å². The van der Waals surface area contributed by atoms with Crippen LogP contribution in [-0.4, -0.2) is 4.98 Å². The number of rotatable bonds is 4. The molecule has 0 bridgehead atoms. The molecular weight excluding hydrogens is 310 g/mol. The number of hydrogen-bond acceptors (Lipinski definition) is 4. The van der Waals surface area contributed by atoms with Gasteiger partial charge in [0.15, 0.2) is 0 Å². The molecule has 0 saturated carbocycles. The van der Waals surface area contributed by atoms with Crippen LogP contribution in [0.2, 0.25) is 0 Å². The number of nitrogens with zero attached hydrogens (tertiary/aromatic N) is 1. The van der Waals surface area contributed by atoms with E-state index in [9.17, 15) is 0 Å². The summed E-state index contributed by atoms with van der Waals surface area (Å²) in [6.45, 7) is 4.12. The normalized spacial score (nSPS) is 12.7. The summed E-state index contributed by atoms with van der Waals surface area (Å²) in [6, 6.07) is 4.31. The Balaban J connectivity index is 2.22. The second kappa shape index (κ2) is 5.93. The Morgan fingerprint density at radius 3 is 2.78 bits per heavy atom. The molecule has 5 heteroatoms. The molecule has 1 atom stereocenters. The summed E-state index contributed by atoms with van der Waals surface area (Å²) in [6.07, 6.45) is 2.74. The lowest BCUT2D eigenvalue weighted by atomic mass is 10.0. The van der Waals surface area contributed by atoms with Gasteiger partial charge in [0.1, 0.15) is 0 Å². The Bertz CT molecular complexity index is 539. The van der Waals surface area contributed by atoms with Crippen molar-refractivity contribution in [3.63, 3.8) is 0 Å². The molecule has 1 unspecified atom stereocenters. The zero-order valence-electron chi connectivity index (χ0n) is 10.4. The van der Waals surface area contributed by atoms with Gasteiger partial charge in [-0.3, -0.25) is 16.3 Å². The highest BCUT2D eigenvalue weighted by Crippen LogP contribution is 2.25. The smallest absolute Gasteiger partial charge is 0.0682 e. The standard InChI is InChI=1S/C13H16BrN3S/c1-8-3-9(2)13(16-6-8)12(17-15)5-11-4-10(14)7-18-11/h3-4,6-7,12,17H,5,15H2,1-2H3. The number of pyridine rings is 1. The number of hydrazine groups is 1. The van der Waals surface area contributed by atoms with Gasteiger partial charge in [-0.25, -0.2) is 0 Å². The minimum Gasteiger partial charge on any atom is -0.271 e. The van der Waals surface area contributed by atoms with Crippen LogP contribution >= 0.6 is 27.3 Å². The quantitative estimate of drug-likeness (QED) is 0.670. The number of halogens is 1. The van der Waals surface area contributed by atoms with Crippen molar-refractivity contribution in [2.75, 3.05) is 0 Å². The fourth-order valence-electron chi connectivity index (χ4n) is 1.99. The van der Waals surface area contributed by atoms with E-state index in [1.54, 1.807) is 11.3 Å². The maximum atomic E-state index is 5.67. The Morgan fingerprint density at radius 2 is 2.22 bits per heavy atom. The van der Waals surface area contributed by atoms with Gasteiger partial charge in [-0.2, -0.15) is 0 Å². The lowest BCUT2D eigenvalue weighted by molar-refractivity contribution is 0.538. The third kappa shape index (κ3) is 3.17. The zero-order chi connectivity index (χ0) is 13.1. The van der Waals surface area contributed by atoms with Crippen molar-refractivity contribution < 1.29 is 0 Å². The van der Waals surface area contributed by atoms with E-state index in [-0.39, 0.29) is 6.04 Å². The molecule has 2 rings (SSSR count). The fourth-order valence-corrected chi connectivity index (χ4v) is 3.49. The summed E-state index contributed by atoms with van der Waals surface area (Å²) in [5.41, 5.74) is 6.23. The van der Waals surface area contributed by atoms with Crippen molar-refractivity contribution in [3.8, 4) is 0 Å². The zero-order valence-corrected chi connectivity index (χ0v) is 12.8. The lowest BCUT2D eigenvalue weighted by Gasteiger charge is -2.17. The maximum absolute atomic E-state index is 5.67. The highest BCUT2D eigenvalue weighted by Gasteiger charge is 2.15. The number of nitrogens with two attached hydrogens (primary N) is 1. The highest BCUT2D eigenvalue weighted by atomic mass is 79.9. The van der Waals surface area contributed by atoms with Crippen LogP contribution in [0.15, 0.2) is 28.2 Å².